The van der Waals surface area contributed by atoms with Crippen LogP contribution < -0.4 is 10.1 Å². The van der Waals surface area contributed by atoms with Gasteiger partial charge < -0.3 is 14.8 Å². The number of nitrogens with one attached hydrogen (secondary N) is 2. The van der Waals surface area contributed by atoms with E-state index in [2.05, 4.69) is 20.5 Å². The number of hydrogen-bond acceptors (Lipinski definition) is 6. The van der Waals surface area contributed by atoms with Crippen LogP contribution in [0.15, 0.2) is 48.5 Å². The van der Waals surface area contributed by atoms with Gasteiger partial charge >= 0.3 is 5.97 Å². The number of nitrogens with zero attached hydrogens (tertiary/aromatic N) is 2. The van der Waals surface area contributed by atoms with Crippen molar-refractivity contribution in [2.24, 2.45) is 5.92 Å². The van der Waals surface area contributed by atoms with Gasteiger partial charge in [0.1, 0.15) is 12.4 Å². The van der Waals surface area contributed by atoms with E-state index < -0.39 is 0 Å². The molecular weight excluding hydrogens is 368 g/mol. The highest BCUT2D eigenvalue weighted by atomic mass is 16.5. The van der Waals surface area contributed by atoms with Crippen LogP contribution in [0.25, 0.3) is 22.8 Å². The zero-order valence-electron chi connectivity index (χ0n) is 16.4. The molecule has 1 fully saturated rings. The van der Waals surface area contributed by atoms with E-state index in [1.807, 2.05) is 48.5 Å². The molecule has 3 aromatic rings. The maximum Gasteiger partial charge on any atom is 0.306 e. The number of aromatic nitrogens is 3. The Kier molecular flexibility index (Phi) is 5.86. The van der Waals surface area contributed by atoms with Crippen LogP contribution in [0.4, 0.5) is 0 Å². The summed E-state index contributed by atoms with van der Waals surface area (Å²) in [6.45, 7) is 2.13. The van der Waals surface area contributed by atoms with Gasteiger partial charge in [-0.05, 0) is 61.3 Å². The van der Waals surface area contributed by atoms with Crippen molar-refractivity contribution in [2.45, 2.75) is 19.4 Å². The predicted octanol–water partition coefficient (Wildman–Crippen LogP) is 3.19. The Morgan fingerprint density at radius 2 is 2.03 bits per heavy atom. The normalized spacial score (nSPS) is 16.0. The Labute approximate surface area is 169 Å². The molecule has 0 bridgehead atoms. The lowest BCUT2D eigenvalue weighted by Gasteiger charge is -2.09. The topological polar surface area (TPSA) is 89.1 Å². The first-order valence-corrected chi connectivity index (χ1v) is 9.74. The highest BCUT2D eigenvalue weighted by Gasteiger charge is 2.19. The van der Waals surface area contributed by atoms with Gasteiger partial charge in [-0.25, -0.2) is 4.98 Å². The first kappa shape index (κ1) is 19.1. The fourth-order valence-corrected chi connectivity index (χ4v) is 3.42. The number of H-pyrrole nitrogens is 1. The average molecular weight is 392 g/mol. The van der Waals surface area contributed by atoms with Gasteiger partial charge in [0.25, 0.3) is 0 Å². The van der Waals surface area contributed by atoms with E-state index in [0.29, 0.717) is 24.0 Å². The van der Waals surface area contributed by atoms with Gasteiger partial charge in [-0.15, -0.1) is 0 Å². The largest absolute Gasteiger partial charge is 0.497 e. The monoisotopic (exact) mass is 392 g/mol. The molecule has 1 aliphatic heterocycles. The van der Waals surface area contributed by atoms with Gasteiger partial charge in [-0.3, -0.25) is 9.89 Å². The van der Waals surface area contributed by atoms with E-state index in [4.69, 9.17) is 9.47 Å². The lowest BCUT2D eigenvalue weighted by molar-refractivity contribution is -0.145. The van der Waals surface area contributed by atoms with Crippen LogP contribution in [-0.2, 0) is 16.1 Å². The van der Waals surface area contributed by atoms with Crippen LogP contribution in [0.1, 0.15) is 18.4 Å². The summed E-state index contributed by atoms with van der Waals surface area (Å²) in [5.41, 5.74) is 2.71. The molecule has 0 radical (unpaired) electrons. The fraction of sp³-hybridized carbons (Fsp3) is 0.318. The smallest absolute Gasteiger partial charge is 0.306 e. The van der Waals surface area contributed by atoms with Crippen molar-refractivity contribution in [3.63, 3.8) is 0 Å². The van der Waals surface area contributed by atoms with Gasteiger partial charge in [0.2, 0.25) is 0 Å². The molecule has 4 rings (SSSR count). The van der Waals surface area contributed by atoms with Crippen molar-refractivity contribution in [2.75, 3.05) is 20.2 Å². The maximum atomic E-state index is 12.0. The highest BCUT2D eigenvalue weighted by Crippen LogP contribution is 2.23. The van der Waals surface area contributed by atoms with Crippen LogP contribution in [0.3, 0.4) is 0 Å². The summed E-state index contributed by atoms with van der Waals surface area (Å²) < 4.78 is 10.6. The molecule has 150 valence electrons. The van der Waals surface area contributed by atoms with Gasteiger partial charge in [-0.1, -0.05) is 18.2 Å². The van der Waals surface area contributed by atoms with E-state index in [1.54, 1.807) is 7.11 Å². The van der Waals surface area contributed by atoms with Crippen LogP contribution in [0, 0.1) is 5.92 Å². The summed E-state index contributed by atoms with van der Waals surface area (Å²) in [6, 6.07) is 15.4. The zero-order chi connectivity index (χ0) is 20.1. The Hall–Kier alpha value is -3.19. The number of aromatic amines is 1. The zero-order valence-corrected chi connectivity index (χ0v) is 16.4. The molecule has 1 atom stereocenters. The lowest BCUT2D eigenvalue weighted by atomic mass is 10.1. The Balaban J connectivity index is 1.40. The minimum absolute atomic E-state index is 0.149. The molecular formula is C22H24N4O3. The summed E-state index contributed by atoms with van der Waals surface area (Å²) in [4.78, 5) is 16.6. The lowest BCUT2D eigenvalue weighted by Crippen LogP contribution is -2.14. The van der Waals surface area contributed by atoms with Gasteiger partial charge in [0.15, 0.2) is 11.6 Å². The maximum absolute atomic E-state index is 12.0. The third-order valence-electron chi connectivity index (χ3n) is 5.05. The molecule has 2 aromatic carbocycles. The predicted molar refractivity (Wildman–Crippen MR) is 109 cm³/mol. The SMILES string of the molecule is COc1ccc(-c2nc(-c3cccc(COC(=O)CC4CCNC4)c3)n[nH]2)cc1. The van der Waals surface area contributed by atoms with Crippen molar-refractivity contribution in [1.29, 1.82) is 0 Å². The molecule has 0 aliphatic carbocycles. The third kappa shape index (κ3) is 4.81. The number of hydrogen-bond donors (Lipinski definition) is 2. The molecule has 1 aromatic heterocycles. The number of methoxy groups -OCH3 is 1. The van der Waals surface area contributed by atoms with Gasteiger partial charge in [0, 0.05) is 17.5 Å². The summed E-state index contributed by atoms with van der Waals surface area (Å²) in [6.07, 6.45) is 1.50. The number of ether oxygens (including phenoxy) is 2. The van der Waals surface area contributed by atoms with E-state index in [9.17, 15) is 4.79 Å². The molecule has 7 nitrogen and oxygen atoms in total. The Morgan fingerprint density at radius 1 is 1.17 bits per heavy atom. The quantitative estimate of drug-likeness (QED) is 0.600. The second-order valence-electron chi connectivity index (χ2n) is 7.16. The van der Waals surface area contributed by atoms with Crippen LogP contribution >= 0.6 is 0 Å². The minimum Gasteiger partial charge on any atom is -0.497 e. The van der Waals surface area contributed by atoms with Crippen molar-refractivity contribution in [3.8, 4) is 28.5 Å². The van der Waals surface area contributed by atoms with Crippen LogP contribution in [-0.4, -0.2) is 41.3 Å². The number of carbonyl (C=O) groups excluding carboxylic acids is 1. The van der Waals surface area contributed by atoms with Crippen LogP contribution in [0.5, 0.6) is 5.75 Å². The molecule has 0 spiro atoms. The standard InChI is InChI=1S/C22H24N4O3/c1-28-19-7-5-17(6-8-19)21-24-22(26-25-21)18-4-2-3-16(11-18)14-29-20(27)12-15-9-10-23-13-15/h2-8,11,15,23H,9-10,12-14H2,1H3,(H,24,25,26). The van der Waals surface area contributed by atoms with Crippen molar-refractivity contribution in [1.82, 2.24) is 20.5 Å². The van der Waals surface area contributed by atoms with Crippen LogP contribution in [0.2, 0.25) is 0 Å². The van der Waals surface area contributed by atoms with Crippen molar-refractivity contribution in [3.05, 3.63) is 54.1 Å². The molecule has 2 N–H and O–H groups in total. The number of carbonyl (C=O) groups is 1. The third-order valence-corrected chi connectivity index (χ3v) is 5.05. The minimum atomic E-state index is -0.149. The number of benzene rings is 2. The molecule has 1 saturated heterocycles. The molecule has 0 saturated carbocycles. The van der Waals surface area contributed by atoms with Gasteiger partial charge in [-0.2, -0.15) is 5.10 Å². The second kappa shape index (κ2) is 8.87. The highest BCUT2D eigenvalue weighted by molar-refractivity contribution is 5.70. The molecule has 1 unspecified atom stereocenters. The number of esters is 1. The fourth-order valence-electron chi connectivity index (χ4n) is 3.42. The van der Waals surface area contributed by atoms with E-state index >= 15 is 0 Å². The molecule has 7 heteroatoms. The second-order valence-corrected chi connectivity index (χ2v) is 7.16. The number of rotatable bonds is 7. The first-order valence-electron chi connectivity index (χ1n) is 9.74. The summed E-state index contributed by atoms with van der Waals surface area (Å²) in [5, 5.41) is 10.6. The van der Waals surface area contributed by atoms with E-state index in [1.165, 1.54) is 0 Å². The Morgan fingerprint density at radius 3 is 2.79 bits per heavy atom. The summed E-state index contributed by atoms with van der Waals surface area (Å²) in [7, 11) is 1.64. The van der Waals surface area contributed by atoms with Gasteiger partial charge in [0.05, 0.1) is 7.11 Å². The van der Waals surface area contributed by atoms with Crippen molar-refractivity contribution >= 4 is 5.97 Å². The van der Waals surface area contributed by atoms with E-state index in [0.717, 1.165) is 42.0 Å². The molecule has 2 heterocycles. The van der Waals surface area contributed by atoms with Crippen molar-refractivity contribution < 1.29 is 14.3 Å². The Bertz CT molecular complexity index is 962. The molecule has 29 heavy (non-hydrogen) atoms. The average Bonchev–Trinajstić information content (AvgIpc) is 3.45. The van der Waals surface area contributed by atoms with E-state index in [-0.39, 0.29) is 12.6 Å². The molecule has 1 aliphatic rings. The first-order chi connectivity index (χ1) is 14.2. The summed E-state index contributed by atoms with van der Waals surface area (Å²) >= 11 is 0. The molecule has 0 amide bonds. The summed E-state index contributed by atoms with van der Waals surface area (Å²) in [5.74, 6) is 2.31.